The van der Waals surface area contributed by atoms with Gasteiger partial charge in [0.2, 0.25) is 5.91 Å². The summed E-state index contributed by atoms with van der Waals surface area (Å²) in [5.41, 5.74) is 1.50. The number of amides is 2. The first-order chi connectivity index (χ1) is 16.1. The first-order valence-electron chi connectivity index (χ1n) is 12.0. The molecule has 0 radical (unpaired) electrons. The lowest BCUT2D eigenvalue weighted by molar-refractivity contribution is -0.134. The molecule has 33 heavy (non-hydrogen) atoms. The van der Waals surface area contributed by atoms with E-state index in [1.54, 1.807) is 17.3 Å². The van der Waals surface area contributed by atoms with Crippen LogP contribution in [0.25, 0.3) is 11.0 Å². The molecule has 1 saturated carbocycles. The van der Waals surface area contributed by atoms with E-state index in [4.69, 9.17) is 0 Å². The van der Waals surface area contributed by atoms with Crippen LogP contribution in [0.4, 0.5) is 0 Å². The monoisotopic (exact) mass is 445 g/mol. The van der Waals surface area contributed by atoms with E-state index in [9.17, 15) is 9.59 Å². The molecule has 3 heterocycles. The lowest BCUT2D eigenvalue weighted by Crippen LogP contribution is -2.64. The molecule has 7 heteroatoms. The number of para-hydroxylation sites is 2. The van der Waals surface area contributed by atoms with Crippen molar-refractivity contribution in [2.45, 2.75) is 76.5 Å². The molecule has 1 aliphatic heterocycles. The molecular formula is C26H31N5O2. The van der Waals surface area contributed by atoms with Crippen LogP contribution in [0.5, 0.6) is 0 Å². The molecule has 0 spiro atoms. The van der Waals surface area contributed by atoms with E-state index in [1.165, 1.54) is 19.3 Å². The summed E-state index contributed by atoms with van der Waals surface area (Å²) in [4.78, 5) is 38.1. The van der Waals surface area contributed by atoms with Gasteiger partial charge in [0, 0.05) is 25.0 Å². The maximum atomic E-state index is 13.8. The van der Waals surface area contributed by atoms with Crippen LogP contribution in [0.15, 0.2) is 48.8 Å². The number of rotatable bonds is 4. The molecule has 5 rings (SSSR count). The van der Waals surface area contributed by atoms with Gasteiger partial charge in [0.15, 0.2) is 5.82 Å². The molecule has 0 saturated heterocycles. The van der Waals surface area contributed by atoms with Crippen molar-refractivity contribution in [3.05, 3.63) is 60.2 Å². The van der Waals surface area contributed by atoms with Gasteiger partial charge in [0.05, 0.1) is 17.6 Å². The highest BCUT2D eigenvalue weighted by Gasteiger charge is 2.48. The second kappa shape index (κ2) is 8.96. The maximum absolute atomic E-state index is 13.8. The van der Waals surface area contributed by atoms with E-state index in [2.05, 4.69) is 15.3 Å². The fourth-order valence-corrected chi connectivity index (χ4v) is 5.19. The number of carbonyl (C=O) groups is 2. The van der Waals surface area contributed by atoms with Crippen molar-refractivity contribution >= 4 is 22.8 Å². The summed E-state index contributed by atoms with van der Waals surface area (Å²) in [6.45, 7) is 2.56. The minimum absolute atomic E-state index is 0.0891. The van der Waals surface area contributed by atoms with Crippen molar-refractivity contribution in [2.24, 2.45) is 0 Å². The minimum atomic E-state index is -1.04. The van der Waals surface area contributed by atoms with Crippen molar-refractivity contribution in [2.75, 3.05) is 0 Å². The third-order valence-electron chi connectivity index (χ3n) is 7.15. The Morgan fingerprint density at radius 2 is 1.85 bits per heavy atom. The predicted octanol–water partition coefficient (Wildman–Crippen LogP) is 4.08. The lowest BCUT2D eigenvalue weighted by atomic mass is 9.92. The largest absolute Gasteiger partial charge is 0.351 e. The van der Waals surface area contributed by atoms with E-state index >= 15 is 0 Å². The molecule has 2 aromatic heterocycles. The molecule has 1 fully saturated rings. The molecule has 3 aromatic rings. The third kappa shape index (κ3) is 4.12. The highest BCUT2D eigenvalue weighted by molar-refractivity contribution is 6.01. The van der Waals surface area contributed by atoms with Crippen molar-refractivity contribution in [1.82, 2.24) is 24.8 Å². The average molecular weight is 446 g/mol. The van der Waals surface area contributed by atoms with Gasteiger partial charge in [-0.2, -0.15) is 0 Å². The number of hydrogen-bond acceptors (Lipinski definition) is 4. The zero-order valence-electron chi connectivity index (χ0n) is 19.2. The van der Waals surface area contributed by atoms with Crippen molar-refractivity contribution in [3.8, 4) is 0 Å². The predicted molar refractivity (Wildman–Crippen MR) is 126 cm³/mol. The summed E-state index contributed by atoms with van der Waals surface area (Å²) >= 11 is 0. The van der Waals surface area contributed by atoms with Crippen LogP contribution >= 0.6 is 0 Å². The van der Waals surface area contributed by atoms with Crippen LogP contribution in [-0.2, 0) is 17.9 Å². The second-order valence-electron chi connectivity index (χ2n) is 9.55. The highest BCUT2D eigenvalue weighted by Crippen LogP contribution is 2.32. The Labute approximate surface area is 194 Å². The van der Waals surface area contributed by atoms with Gasteiger partial charge in [-0.25, -0.2) is 4.98 Å². The summed E-state index contributed by atoms with van der Waals surface area (Å²) in [6.07, 6.45) is 11.4. The van der Waals surface area contributed by atoms with Crippen LogP contribution in [0.2, 0.25) is 0 Å². The Morgan fingerprint density at radius 3 is 2.61 bits per heavy atom. The van der Waals surface area contributed by atoms with Crippen LogP contribution in [-0.4, -0.2) is 42.8 Å². The standard InChI is InChI=1S/C26H31N5O2/c1-26(25(33)28-20-11-5-3-2-4-6-12-20)18-30-22-14-8-7-13-21(22)29-23(30)24(32)31(26)17-19-10-9-15-27-16-19/h7-10,13-16,20H,2-6,11-12,17-18H2,1H3,(H,28,33)/t26-/m0/s1. The van der Waals surface area contributed by atoms with E-state index in [0.29, 0.717) is 18.9 Å². The van der Waals surface area contributed by atoms with Crippen LogP contribution < -0.4 is 5.32 Å². The Balaban J connectivity index is 1.51. The zero-order valence-corrected chi connectivity index (χ0v) is 19.2. The van der Waals surface area contributed by atoms with Crippen molar-refractivity contribution < 1.29 is 9.59 Å². The quantitative estimate of drug-likeness (QED) is 0.656. The van der Waals surface area contributed by atoms with E-state index in [-0.39, 0.29) is 17.9 Å². The van der Waals surface area contributed by atoms with Crippen LogP contribution in [0.3, 0.4) is 0 Å². The number of nitrogens with zero attached hydrogens (tertiary/aromatic N) is 4. The smallest absolute Gasteiger partial charge is 0.291 e. The molecule has 7 nitrogen and oxygen atoms in total. The zero-order chi connectivity index (χ0) is 22.8. The summed E-state index contributed by atoms with van der Waals surface area (Å²) in [5, 5.41) is 3.32. The fraction of sp³-hybridized carbons (Fsp3) is 0.462. The van der Waals surface area contributed by atoms with Gasteiger partial charge in [-0.15, -0.1) is 0 Å². The van der Waals surface area contributed by atoms with Gasteiger partial charge in [-0.3, -0.25) is 14.6 Å². The summed E-state index contributed by atoms with van der Waals surface area (Å²) in [5.74, 6) is 0.0710. The summed E-state index contributed by atoms with van der Waals surface area (Å²) in [6, 6.07) is 11.7. The van der Waals surface area contributed by atoms with Crippen LogP contribution in [0.1, 0.15) is 68.1 Å². The minimum Gasteiger partial charge on any atom is -0.351 e. The van der Waals surface area contributed by atoms with Crippen molar-refractivity contribution in [1.29, 1.82) is 0 Å². The van der Waals surface area contributed by atoms with Gasteiger partial charge in [0.1, 0.15) is 5.54 Å². The Hall–Kier alpha value is -3.22. The SMILES string of the molecule is C[C@@]1(C(=O)NC2CCCCCCC2)Cn2c(nc3ccccc32)C(=O)N1Cc1cccnc1. The number of hydrogen-bond donors (Lipinski definition) is 1. The fourth-order valence-electron chi connectivity index (χ4n) is 5.19. The number of imidazole rings is 1. The van der Waals surface area contributed by atoms with Gasteiger partial charge in [-0.1, -0.05) is 50.3 Å². The molecule has 1 atom stereocenters. The first-order valence-corrected chi connectivity index (χ1v) is 12.0. The Bertz CT molecular complexity index is 1150. The molecule has 172 valence electrons. The number of fused-ring (bicyclic) bond motifs is 3. The molecule has 1 N–H and O–H groups in total. The summed E-state index contributed by atoms with van der Waals surface area (Å²) < 4.78 is 1.91. The molecular weight excluding hydrogens is 414 g/mol. The van der Waals surface area contributed by atoms with Crippen LogP contribution in [0, 0.1) is 0 Å². The molecule has 2 amide bonds. The van der Waals surface area contributed by atoms with E-state index in [1.807, 2.05) is 47.9 Å². The van der Waals surface area contributed by atoms with Gasteiger partial charge < -0.3 is 14.8 Å². The Kier molecular flexibility index (Phi) is 5.87. The highest BCUT2D eigenvalue weighted by atomic mass is 16.2. The maximum Gasteiger partial charge on any atom is 0.291 e. The first kappa shape index (κ1) is 21.6. The molecule has 1 aliphatic carbocycles. The second-order valence-corrected chi connectivity index (χ2v) is 9.55. The van der Waals surface area contributed by atoms with Gasteiger partial charge in [0.25, 0.3) is 5.91 Å². The third-order valence-corrected chi connectivity index (χ3v) is 7.15. The number of pyridine rings is 1. The average Bonchev–Trinajstić information content (AvgIpc) is 3.17. The van der Waals surface area contributed by atoms with Crippen molar-refractivity contribution in [3.63, 3.8) is 0 Å². The summed E-state index contributed by atoms with van der Waals surface area (Å²) in [7, 11) is 0. The lowest BCUT2D eigenvalue weighted by Gasteiger charge is -2.44. The number of aromatic nitrogens is 3. The van der Waals surface area contributed by atoms with E-state index < -0.39 is 5.54 Å². The van der Waals surface area contributed by atoms with Gasteiger partial charge >= 0.3 is 0 Å². The topological polar surface area (TPSA) is 80.1 Å². The number of benzene rings is 1. The molecule has 1 aromatic carbocycles. The molecule has 0 unspecified atom stereocenters. The number of carbonyl (C=O) groups excluding carboxylic acids is 2. The Morgan fingerprint density at radius 1 is 1.09 bits per heavy atom. The molecule has 0 bridgehead atoms. The molecule has 2 aliphatic rings. The normalized spacial score (nSPS) is 22.0. The van der Waals surface area contributed by atoms with Gasteiger partial charge in [-0.05, 0) is 43.5 Å². The number of nitrogens with one attached hydrogen (secondary N) is 1. The van der Waals surface area contributed by atoms with E-state index in [0.717, 1.165) is 42.3 Å².